The number of rotatable bonds is 10. The van der Waals surface area contributed by atoms with Crippen LogP contribution < -0.4 is 10.6 Å². The summed E-state index contributed by atoms with van der Waals surface area (Å²) in [6, 6.07) is 1.67. The number of aliphatic hydroxyl groups is 1. The van der Waals surface area contributed by atoms with Gasteiger partial charge in [-0.05, 0) is 44.6 Å². The number of guanidine groups is 1. The lowest BCUT2D eigenvalue weighted by Gasteiger charge is -2.32. The van der Waals surface area contributed by atoms with E-state index in [1.807, 2.05) is 6.92 Å². The molecular formula is C19H33N3O4. The minimum absolute atomic E-state index is 0.0459. The van der Waals surface area contributed by atoms with Gasteiger partial charge < -0.3 is 24.9 Å². The molecule has 0 radical (unpaired) electrons. The molecule has 0 amide bonds. The minimum Gasteiger partial charge on any atom is -0.465 e. The Morgan fingerprint density at radius 3 is 2.54 bits per heavy atom. The molecule has 0 saturated heterocycles. The van der Waals surface area contributed by atoms with Crippen LogP contribution in [0.2, 0.25) is 0 Å². The summed E-state index contributed by atoms with van der Waals surface area (Å²) in [6.45, 7) is 9.99. The molecule has 0 atom stereocenters. The second-order valence-electron chi connectivity index (χ2n) is 6.40. The van der Waals surface area contributed by atoms with Crippen LogP contribution >= 0.6 is 0 Å². The van der Waals surface area contributed by atoms with Gasteiger partial charge in [0.1, 0.15) is 23.6 Å². The highest BCUT2D eigenvalue weighted by molar-refractivity contribution is 5.90. The molecule has 7 heteroatoms. The van der Waals surface area contributed by atoms with Gasteiger partial charge in [-0.2, -0.15) is 0 Å². The number of nitrogens with one attached hydrogen (secondary N) is 2. The number of hydrogen-bond acceptors (Lipinski definition) is 5. The van der Waals surface area contributed by atoms with Gasteiger partial charge in [-0.25, -0.2) is 9.79 Å². The number of methoxy groups -OCH3 is 1. The fraction of sp³-hybridized carbons (Fsp3) is 0.684. The number of aliphatic hydroxyl groups excluding tert-OH is 1. The molecule has 148 valence electrons. The first kappa shape index (κ1) is 22.0. The third-order valence-corrected chi connectivity index (χ3v) is 4.88. The van der Waals surface area contributed by atoms with E-state index in [1.54, 1.807) is 13.0 Å². The minimum atomic E-state index is -0.411. The quantitative estimate of drug-likeness (QED) is 0.334. The fourth-order valence-electron chi connectivity index (χ4n) is 2.88. The lowest BCUT2D eigenvalue weighted by molar-refractivity contribution is 0.0599. The van der Waals surface area contributed by atoms with Gasteiger partial charge in [0.15, 0.2) is 5.96 Å². The summed E-state index contributed by atoms with van der Waals surface area (Å²) < 4.78 is 10.3. The van der Waals surface area contributed by atoms with Gasteiger partial charge in [0.25, 0.3) is 0 Å². The Labute approximate surface area is 156 Å². The molecule has 0 spiro atoms. The summed E-state index contributed by atoms with van der Waals surface area (Å²) in [5.41, 5.74) is 0.471. The molecule has 0 fully saturated rings. The molecule has 0 aliphatic carbocycles. The van der Waals surface area contributed by atoms with Gasteiger partial charge in [0.2, 0.25) is 0 Å². The van der Waals surface area contributed by atoms with E-state index in [4.69, 9.17) is 9.15 Å². The molecule has 1 heterocycles. The number of carbonyl (C=O) groups is 1. The smallest absolute Gasteiger partial charge is 0.341 e. The Kier molecular flexibility index (Phi) is 9.19. The highest BCUT2D eigenvalue weighted by Gasteiger charge is 2.25. The van der Waals surface area contributed by atoms with E-state index < -0.39 is 5.97 Å². The standard InChI is InChI=1S/C19H33N3O4/c1-6-19(7-2,9-10-23)13-22-18(20-8-3)21-12-15-11-16(14(4)26-15)17(24)25-5/h11,23H,6-10,12-13H2,1-5H3,(H2,20,21,22). The predicted molar refractivity (Wildman–Crippen MR) is 102 cm³/mol. The highest BCUT2D eigenvalue weighted by Crippen LogP contribution is 2.29. The first-order chi connectivity index (χ1) is 12.4. The van der Waals surface area contributed by atoms with Crippen molar-refractivity contribution in [2.45, 2.75) is 53.5 Å². The Morgan fingerprint density at radius 2 is 2.00 bits per heavy atom. The number of furan rings is 1. The van der Waals surface area contributed by atoms with Crippen molar-refractivity contribution in [2.24, 2.45) is 10.4 Å². The van der Waals surface area contributed by atoms with Crippen molar-refractivity contribution in [3.8, 4) is 0 Å². The van der Waals surface area contributed by atoms with Crippen LogP contribution in [0.15, 0.2) is 15.5 Å². The van der Waals surface area contributed by atoms with Gasteiger partial charge in [-0.3, -0.25) is 0 Å². The molecule has 26 heavy (non-hydrogen) atoms. The monoisotopic (exact) mass is 367 g/mol. The van der Waals surface area contributed by atoms with Crippen LogP contribution in [-0.4, -0.2) is 43.8 Å². The van der Waals surface area contributed by atoms with Crippen molar-refractivity contribution in [1.29, 1.82) is 0 Å². The average Bonchev–Trinajstić information content (AvgIpc) is 3.03. The van der Waals surface area contributed by atoms with Crippen molar-refractivity contribution >= 4 is 11.9 Å². The van der Waals surface area contributed by atoms with Crippen LogP contribution in [0.5, 0.6) is 0 Å². The largest absolute Gasteiger partial charge is 0.465 e. The zero-order chi connectivity index (χ0) is 19.6. The molecular weight excluding hydrogens is 334 g/mol. The average molecular weight is 367 g/mol. The molecule has 1 rings (SSSR count). The summed E-state index contributed by atoms with van der Waals surface area (Å²) >= 11 is 0. The zero-order valence-electron chi connectivity index (χ0n) is 16.6. The Morgan fingerprint density at radius 1 is 1.31 bits per heavy atom. The van der Waals surface area contributed by atoms with Gasteiger partial charge in [-0.15, -0.1) is 0 Å². The number of hydrogen-bond donors (Lipinski definition) is 3. The summed E-state index contributed by atoms with van der Waals surface area (Å²) in [5, 5.41) is 15.9. The number of aryl methyl sites for hydroxylation is 1. The molecule has 1 aromatic rings. The highest BCUT2D eigenvalue weighted by atomic mass is 16.5. The van der Waals surface area contributed by atoms with E-state index in [1.165, 1.54) is 7.11 Å². The predicted octanol–water partition coefficient (Wildman–Crippen LogP) is 2.62. The third kappa shape index (κ3) is 6.05. The van der Waals surface area contributed by atoms with E-state index in [2.05, 4.69) is 29.5 Å². The van der Waals surface area contributed by atoms with Crippen LogP contribution in [0.4, 0.5) is 0 Å². The van der Waals surface area contributed by atoms with E-state index in [0.717, 1.165) is 32.4 Å². The maximum absolute atomic E-state index is 11.7. The van der Waals surface area contributed by atoms with E-state index in [9.17, 15) is 9.90 Å². The maximum atomic E-state index is 11.7. The lowest BCUT2D eigenvalue weighted by atomic mass is 9.79. The van der Waals surface area contributed by atoms with Crippen molar-refractivity contribution in [2.75, 3.05) is 26.8 Å². The number of esters is 1. The Balaban J connectivity index is 2.81. The molecule has 0 aliphatic heterocycles. The van der Waals surface area contributed by atoms with Crippen LogP contribution in [0.1, 0.15) is 61.9 Å². The maximum Gasteiger partial charge on any atom is 0.341 e. The van der Waals surface area contributed by atoms with Gasteiger partial charge in [-0.1, -0.05) is 13.8 Å². The molecule has 0 saturated carbocycles. The Hall–Kier alpha value is -2.02. The number of carbonyl (C=O) groups excluding carboxylic acids is 1. The number of aliphatic imine (C=N–C) groups is 1. The van der Waals surface area contributed by atoms with E-state index in [-0.39, 0.29) is 12.0 Å². The van der Waals surface area contributed by atoms with E-state index in [0.29, 0.717) is 29.6 Å². The van der Waals surface area contributed by atoms with Gasteiger partial charge in [0, 0.05) is 19.7 Å². The summed E-state index contributed by atoms with van der Waals surface area (Å²) in [6.07, 6.45) is 2.72. The molecule has 0 aromatic carbocycles. The lowest BCUT2D eigenvalue weighted by Crippen LogP contribution is -2.43. The normalized spacial score (nSPS) is 12.2. The molecule has 1 aromatic heterocycles. The molecule has 0 unspecified atom stereocenters. The molecule has 0 aliphatic rings. The van der Waals surface area contributed by atoms with Crippen LogP contribution in [0.25, 0.3) is 0 Å². The number of nitrogens with zero attached hydrogens (tertiary/aromatic N) is 1. The van der Waals surface area contributed by atoms with Crippen molar-refractivity contribution < 1.29 is 19.1 Å². The number of ether oxygens (including phenoxy) is 1. The molecule has 3 N–H and O–H groups in total. The Bertz CT molecular complexity index is 592. The van der Waals surface area contributed by atoms with Gasteiger partial charge >= 0.3 is 5.97 Å². The van der Waals surface area contributed by atoms with Gasteiger partial charge in [0.05, 0.1) is 7.11 Å². The van der Waals surface area contributed by atoms with Crippen LogP contribution in [0, 0.1) is 12.3 Å². The fourth-order valence-corrected chi connectivity index (χ4v) is 2.88. The first-order valence-electron chi connectivity index (χ1n) is 9.25. The van der Waals surface area contributed by atoms with E-state index >= 15 is 0 Å². The summed E-state index contributed by atoms with van der Waals surface area (Å²) in [7, 11) is 1.35. The summed E-state index contributed by atoms with van der Waals surface area (Å²) in [5.74, 6) is 1.41. The zero-order valence-corrected chi connectivity index (χ0v) is 16.6. The van der Waals surface area contributed by atoms with Crippen LogP contribution in [0.3, 0.4) is 0 Å². The topological polar surface area (TPSA) is 96.1 Å². The van der Waals surface area contributed by atoms with Crippen molar-refractivity contribution in [3.05, 3.63) is 23.2 Å². The first-order valence-corrected chi connectivity index (χ1v) is 9.25. The second-order valence-corrected chi connectivity index (χ2v) is 6.40. The molecule has 7 nitrogen and oxygen atoms in total. The second kappa shape index (κ2) is 10.9. The van der Waals surface area contributed by atoms with Crippen LogP contribution in [-0.2, 0) is 11.3 Å². The molecule has 0 bridgehead atoms. The third-order valence-electron chi connectivity index (χ3n) is 4.88. The SMILES string of the molecule is CCNC(=NCc1cc(C(=O)OC)c(C)o1)NCC(CC)(CC)CCO. The summed E-state index contributed by atoms with van der Waals surface area (Å²) in [4.78, 5) is 16.2. The van der Waals surface area contributed by atoms with Crippen molar-refractivity contribution in [3.63, 3.8) is 0 Å². The van der Waals surface area contributed by atoms with Crippen molar-refractivity contribution in [1.82, 2.24) is 10.6 Å².